The molecule has 4 rings (SSSR count). The van der Waals surface area contributed by atoms with Crippen LogP contribution in [0.15, 0.2) is 12.2 Å². The monoisotopic (exact) mass is 370 g/mol. The lowest BCUT2D eigenvalue weighted by molar-refractivity contribution is -0.0881. The van der Waals surface area contributed by atoms with Crippen LogP contribution in [0.3, 0.4) is 0 Å². The average molecular weight is 370 g/mol. The molecule has 4 aliphatic carbocycles. The van der Waals surface area contributed by atoms with Crippen LogP contribution in [0.4, 0.5) is 4.79 Å². The second-order valence-electron chi connectivity index (χ2n) is 8.98. The molecule has 0 amide bonds. The lowest BCUT2D eigenvalue weighted by Crippen LogP contribution is -2.48. The summed E-state index contributed by atoms with van der Waals surface area (Å²) in [6.45, 7) is 5.32. The minimum absolute atomic E-state index is 0.122. The highest BCUT2D eigenvalue weighted by molar-refractivity contribution is 7.86. The molecule has 0 aliphatic heterocycles. The van der Waals surface area contributed by atoms with E-state index >= 15 is 0 Å². The van der Waals surface area contributed by atoms with Crippen LogP contribution in [0.2, 0.25) is 0 Å². The molecule has 7 heteroatoms. The molecule has 6 nitrogen and oxygen atoms in total. The molecular formula is C18H26O6S. The van der Waals surface area contributed by atoms with E-state index < -0.39 is 34.1 Å². The van der Waals surface area contributed by atoms with E-state index in [-0.39, 0.29) is 11.8 Å². The highest BCUT2D eigenvalue weighted by atomic mass is 32.2. The first-order chi connectivity index (χ1) is 11.5. The quantitative estimate of drug-likeness (QED) is 0.329. The fourth-order valence-corrected chi connectivity index (χ4v) is 6.45. The molecule has 0 aromatic carbocycles. The Kier molecular flexibility index (Phi) is 3.79. The predicted molar refractivity (Wildman–Crippen MR) is 90.1 cm³/mol. The van der Waals surface area contributed by atoms with Gasteiger partial charge in [0.05, 0.1) is 6.26 Å². The summed E-state index contributed by atoms with van der Waals surface area (Å²) in [6, 6.07) is 0. The number of rotatable bonds is 3. The largest absolute Gasteiger partial charge is 0.509 e. The molecule has 0 aromatic heterocycles. The number of carbonyl (C=O) groups excluding carboxylic acids is 1. The van der Waals surface area contributed by atoms with E-state index in [0.29, 0.717) is 23.7 Å². The van der Waals surface area contributed by atoms with Crippen molar-refractivity contribution < 1.29 is 26.9 Å². The predicted octanol–water partition coefficient (Wildman–Crippen LogP) is 2.74. The van der Waals surface area contributed by atoms with Crippen LogP contribution in [0, 0.1) is 35.5 Å². The molecule has 0 heterocycles. The zero-order valence-electron chi connectivity index (χ0n) is 15.0. The van der Waals surface area contributed by atoms with Crippen molar-refractivity contribution in [1.82, 2.24) is 0 Å². The summed E-state index contributed by atoms with van der Waals surface area (Å²) in [7, 11) is -3.63. The maximum atomic E-state index is 12.2. The van der Waals surface area contributed by atoms with E-state index in [2.05, 4.69) is 12.2 Å². The van der Waals surface area contributed by atoms with Crippen LogP contribution in [-0.2, 0) is 23.8 Å². The summed E-state index contributed by atoms with van der Waals surface area (Å²) in [6.07, 6.45) is 5.71. The normalized spacial score (nSPS) is 44.2. The van der Waals surface area contributed by atoms with Crippen molar-refractivity contribution in [2.45, 2.75) is 51.4 Å². The topological polar surface area (TPSA) is 78.9 Å². The SMILES string of the molecule is CC(C)(C)OC(=O)OC1C2CC(C1OS(C)(=O)=O)C1C3C=CC(C3)C21. The first kappa shape index (κ1) is 17.3. The van der Waals surface area contributed by atoms with Gasteiger partial charge in [-0.25, -0.2) is 4.79 Å². The second-order valence-corrected chi connectivity index (χ2v) is 10.6. The maximum absolute atomic E-state index is 12.2. The number of hydrogen-bond acceptors (Lipinski definition) is 6. The summed E-state index contributed by atoms with van der Waals surface area (Å²) in [4.78, 5) is 12.2. The van der Waals surface area contributed by atoms with Gasteiger partial charge >= 0.3 is 6.16 Å². The van der Waals surface area contributed by atoms with Crippen molar-refractivity contribution in [2.75, 3.05) is 6.26 Å². The summed E-state index contributed by atoms with van der Waals surface area (Å²) >= 11 is 0. The van der Waals surface area contributed by atoms with Gasteiger partial charge in [0.25, 0.3) is 10.1 Å². The average Bonchev–Trinajstić information content (AvgIpc) is 3.14. The zero-order chi connectivity index (χ0) is 18.1. The second kappa shape index (κ2) is 5.46. The first-order valence-corrected chi connectivity index (χ1v) is 10.8. The van der Waals surface area contributed by atoms with Crippen molar-refractivity contribution in [3.8, 4) is 0 Å². The third-order valence-electron chi connectivity index (χ3n) is 6.19. The number of allylic oxidation sites excluding steroid dienone is 2. The fraction of sp³-hybridized carbons (Fsp3) is 0.833. The Balaban J connectivity index is 1.58. The molecule has 25 heavy (non-hydrogen) atoms. The summed E-state index contributed by atoms with van der Waals surface area (Å²) < 4.78 is 39.8. The van der Waals surface area contributed by atoms with Gasteiger partial charge < -0.3 is 9.47 Å². The van der Waals surface area contributed by atoms with Crippen molar-refractivity contribution >= 4 is 16.3 Å². The number of hydrogen-bond donors (Lipinski definition) is 0. The third kappa shape index (κ3) is 2.99. The third-order valence-corrected chi connectivity index (χ3v) is 6.76. The zero-order valence-corrected chi connectivity index (χ0v) is 15.9. The Morgan fingerprint density at radius 3 is 2.08 bits per heavy atom. The molecule has 0 aromatic rings. The molecular weight excluding hydrogens is 344 g/mol. The van der Waals surface area contributed by atoms with Gasteiger partial charge in [0.15, 0.2) is 0 Å². The van der Waals surface area contributed by atoms with Crippen LogP contribution in [0.25, 0.3) is 0 Å². The Labute approximate surface area is 149 Å². The molecule has 0 N–H and O–H groups in total. The van der Waals surface area contributed by atoms with Crippen molar-refractivity contribution in [3.05, 3.63) is 12.2 Å². The minimum atomic E-state index is -3.63. The van der Waals surface area contributed by atoms with Gasteiger partial charge in [-0.3, -0.25) is 4.18 Å². The standard InChI is InChI=1S/C18H26O6S/c1-18(2,3)23-17(19)22-15-11-8-12(16(15)24-25(4,20)21)14-10-6-5-9(7-10)13(11)14/h5-6,9-16H,7-8H2,1-4H3. The van der Waals surface area contributed by atoms with Gasteiger partial charge in [0.1, 0.15) is 17.8 Å². The Morgan fingerprint density at radius 2 is 1.56 bits per heavy atom. The van der Waals surface area contributed by atoms with E-state index in [1.54, 1.807) is 20.8 Å². The number of carbonyl (C=O) groups is 1. The maximum Gasteiger partial charge on any atom is 0.509 e. The van der Waals surface area contributed by atoms with Crippen LogP contribution in [0.1, 0.15) is 33.6 Å². The Hall–Kier alpha value is -1.08. The van der Waals surface area contributed by atoms with Gasteiger partial charge in [-0.1, -0.05) is 12.2 Å². The molecule has 8 atom stereocenters. The molecule has 4 aliphatic rings. The molecule has 4 bridgehead atoms. The van der Waals surface area contributed by atoms with Crippen LogP contribution in [-0.4, -0.2) is 38.6 Å². The van der Waals surface area contributed by atoms with Gasteiger partial charge in [-0.05, 0) is 63.2 Å². The minimum Gasteiger partial charge on any atom is -0.429 e. The van der Waals surface area contributed by atoms with E-state index in [9.17, 15) is 13.2 Å². The smallest absolute Gasteiger partial charge is 0.429 e. The molecule has 0 saturated heterocycles. The Bertz CT molecular complexity index is 706. The molecule has 0 spiro atoms. The number of fused-ring (bicyclic) bond motifs is 9. The van der Waals surface area contributed by atoms with Crippen molar-refractivity contribution in [3.63, 3.8) is 0 Å². The number of ether oxygens (including phenoxy) is 2. The summed E-state index contributed by atoms with van der Waals surface area (Å²) in [5, 5.41) is 0. The van der Waals surface area contributed by atoms with Crippen molar-refractivity contribution in [1.29, 1.82) is 0 Å². The lowest BCUT2D eigenvalue weighted by atomic mass is 9.71. The van der Waals surface area contributed by atoms with Gasteiger partial charge in [-0.2, -0.15) is 8.42 Å². The van der Waals surface area contributed by atoms with Crippen LogP contribution in [0.5, 0.6) is 0 Å². The molecule has 3 saturated carbocycles. The van der Waals surface area contributed by atoms with E-state index in [4.69, 9.17) is 13.7 Å². The fourth-order valence-electron chi connectivity index (χ4n) is 5.79. The van der Waals surface area contributed by atoms with Gasteiger partial charge in [-0.15, -0.1) is 0 Å². The summed E-state index contributed by atoms with van der Waals surface area (Å²) in [5.41, 5.74) is -0.653. The van der Waals surface area contributed by atoms with Crippen molar-refractivity contribution in [2.24, 2.45) is 35.5 Å². The Morgan fingerprint density at radius 1 is 1.00 bits per heavy atom. The van der Waals surface area contributed by atoms with Gasteiger partial charge in [0.2, 0.25) is 0 Å². The molecule has 140 valence electrons. The van der Waals surface area contributed by atoms with E-state index in [1.165, 1.54) is 0 Å². The summed E-state index contributed by atoms with van der Waals surface area (Å²) in [5.74, 6) is 2.22. The van der Waals surface area contributed by atoms with Gasteiger partial charge in [0, 0.05) is 5.92 Å². The highest BCUT2D eigenvalue weighted by Gasteiger charge is 2.67. The molecule has 8 unspecified atom stereocenters. The van der Waals surface area contributed by atoms with Crippen LogP contribution < -0.4 is 0 Å². The molecule has 0 radical (unpaired) electrons. The highest BCUT2D eigenvalue weighted by Crippen LogP contribution is 2.66. The van der Waals surface area contributed by atoms with Crippen LogP contribution >= 0.6 is 0 Å². The molecule has 3 fully saturated rings. The first-order valence-electron chi connectivity index (χ1n) is 9.00. The lowest BCUT2D eigenvalue weighted by Gasteiger charge is -2.40. The van der Waals surface area contributed by atoms with E-state index in [1.807, 2.05) is 0 Å². The van der Waals surface area contributed by atoms with E-state index in [0.717, 1.165) is 19.1 Å².